The average Bonchev–Trinajstić information content (AvgIpc) is 2.10. The minimum atomic E-state index is -0.585. The lowest BCUT2D eigenvalue weighted by atomic mass is 10.4. The SMILES string of the molecule is Cn1cc(C(=O)Cl)c(Cl)n1. The summed E-state index contributed by atoms with van der Waals surface area (Å²) in [5.74, 6) is 0. The van der Waals surface area contributed by atoms with Gasteiger partial charge in [-0.1, -0.05) is 11.6 Å². The van der Waals surface area contributed by atoms with Crippen LogP contribution in [0.1, 0.15) is 10.4 Å². The van der Waals surface area contributed by atoms with Crippen molar-refractivity contribution in [3.8, 4) is 0 Å². The van der Waals surface area contributed by atoms with Crippen LogP contribution in [0.2, 0.25) is 5.15 Å². The van der Waals surface area contributed by atoms with Crippen LogP contribution in [-0.2, 0) is 7.05 Å². The molecule has 0 saturated carbocycles. The summed E-state index contributed by atoms with van der Waals surface area (Å²) in [6, 6.07) is 0. The summed E-state index contributed by atoms with van der Waals surface area (Å²) in [5.41, 5.74) is 0.242. The number of hydrogen-bond donors (Lipinski definition) is 0. The third-order valence-corrected chi connectivity index (χ3v) is 1.48. The predicted molar refractivity (Wildman–Crippen MR) is 38.4 cm³/mol. The van der Waals surface area contributed by atoms with Gasteiger partial charge in [0.1, 0.15) is 0 Å². The Hall–Kier alpha value is -0.540. The third kappa shape index (κ3) is 1.30. The maximum absolute atomic E-state index is 10.5. The highest BCUT2D eigenvalue weighted by Gasteiger charge is 2.10. The van der Waals surface area contributed by atoms with Gasteiger partial charge in [0.2, 0.25) is 0 Å². The molecule has 5 heteroatoms. The third-order valence-electron chi connectivity index (χ3n) is 0.995. The molecule has 1 aromatic rings. The second-order valence-electron chi connectivity index (χ2n) is 1.78. The number of halogens is 2. The number of carbonyl (C=O) groups excluding carboxylic acids is 1. The van der Waals surface area contributed by atoms with E-state index < -0.39 is 5.24 Å². The maximum Gasteiger partial charge on any atom is 0.257 e. The summed E-state index contributed by atoms with van der Waals surface area (Å²) < 4.78 is 1.43. The first-order chi connectivity index (χ1) is 4.61. The van der Waals surface area contributed by atoms with Crippen LogP contribution in [0.25, 0.3) is 0 Å². The standard InChI is InChI=1S/C5H4Cl2N2O/c1-9-2-3(5(7)10)4(6)8-9/h2H,1H3. The molecule has 0 saturated heterocycles. The van der Waals surface area contributed by atoms with Crippen molar-refractivity contribution in [1.29, 1.82) is 0 Å². The van der Waals surface area contributed by atoms with Crippen LogP contribution in [0, 0.1) is 0 Å². The highest BCUT2D eigenvalue weighted by Crippen LogP contribution is 2.14. The number of aryl methyl sites for hydroxylation is 1. The van der Waals surface area contributed by atoms with Crippen molar-refractivity contribution in [2.24, 2.45) is 7.05 Å². The van der Waals surface area contributed by atoms with Crippen LogP contribution in [0.3, 0.4) is 0 Å². The predicted octanol–water partition coefficient (Wildman–Crippen LogP) is 1.45. The van der Waals surface area contributed by atoms with Gasteiger partial charge in [0.25, 0.3) is 5.24 Å². The molecule has 0 amide bonds. The van der Waals surface area contributed by atoms with Crippen molar-refractivity contribution in [2.45, 2.75) is 0 Å². The van der Waals surface area contributed by atoms with Gasteiger partial charge in [-0.2, -0.15) is 5.10 Å². The smallest absolute Gasteiger partial charge is 0.257 e. The number of nitrogens with zero attached hydrogens (tertiary/aromatic N) is 2. The second-order valence-corrected chi connectivity index (χ2v) is 2.48. The largest absolute Gasteiger partial charge is 0.275 e. The Kier molecular flexibility index (Phi) is 1.97. The first kappa shape index (κ1) is 7.57. The van der Waals surface area contributed by atoms with Crippen LogP contribution in [0.4, 0.5) is 0 Å². The van der Waals surface area contributed by atoms with Crippen molar-refractivity contribution >= 4 is 28.4 Å². The monoisotopic (exact) mass is 178 g/mol. The number of aromatic nitrogens is 2. The van der Waals surface area contributed by atoms with Crippen LogP contribution in [0.15, 0.2) is 6.20 Å². The first-order valence-electron chi connectivity index (χ1n) is 2.50. The van der Waals surface area contributed by atoms with Crippen molar-refractivity contribution < 1.29 is 4.79 Å². The van der Waals surface area contributed by atoms with Gasteiger partial charge >= 0.3 is 0 Å². The summed E-state index contributed by atoms with van der Waals surface area (Å²) in [6.45, 7) is 0. The van der Waals surface area contributed by atoms with Gasteiger partial charge < -0.3 is 0 Å². The van der Waals surface area contributed by atoms with Gasteiger partial charge in [0.15, 0.2) is 5.15 Å². The first-order valence-corrected chi connectivity index (χ1v) is 3.26. The molecule has 0 aliphatic carbocycles. The molecule has 1 aromatic heterocycles. The van der Waals surface area contributed by atoms with Gasteiger partial charge in [-0.3, -0.25) is 9.48 Å². The fourth-order valence-electron chi connectivity index (χ4n) is 0.593. The summed E-state index contributed by atoms with van der Waals surface area (Å²) in [5, 5.41) is 3.27. The minimum absolute atomic E-state index is 0.141. The zero-order valence-corrected chi connectivity index (χ0v) is 6.65. The molecule has 54 valence electrons. The van der Waals surface area contributed by atoms with E-state index in [0.717, 1.165) is 0 Å². The van der Waals surface area contributed by atoms with Crippen LogP contribution < -0.4 is 0 Å². The molecule has 0 atom stereocenters. The van der Waals surface area contributed by atoms with E-state index in [1.54, 1.807) is 7.05 Å². The van der Waals surface area contributed by atoms with Gasteiger partial charge in [-0.15, -0.1) is 0 Å². The van der Waals surface area contributed by atoms with Crippen molar-refractivity contribution in [3.63, 3.8) is 0 Å². The molecule has 0 bridgehead atoms. The molecule has 3 nitrogen and oxygen atoms in total. The molecule has 0 aliphatic rings. The minimum Gasteiger partial charge on any atom is -0.275 e. The molecule has 0 aliphatic heterocycles. The Bertz CT molecular complexity index is 269. The Morgan fingerprint density at radius 1 is 1.80 bits per heavy atom. The Balaban J connectivity index is 3.15. The molecule has 0 spiro atoms. The average molecular weight is 179 g/mol. The Morgan fingerprint density at radius 2 is 2.40 bits per heavy atom. The number of carbonyl (C=O) groups is 1. The highest BCUT2D eigenvalue weighted by molar-refractivity contribution is 6.68. The van der Waals surface area contributed by atoms with Crippen molar-refractivity contribution in [2.75, 3.05) is 0 Å². The van der Waals surface area contributed by atoms with E-state index in [1.165, 1.54) is 10.9 Å². The van der Waals surface area contributed by atoms with Gasteiger partial charge in [0.05, 0.1) is 5.56 Å². The molecule has 0 radical (unpaired) electrons. The Morgan fingerprint density at radius 3 is 2.60 bits per heavy atom. The van der Waals surface area contributed by atoms with Crippen LogP contribution >= 0.6 is 23.2 Å². The second kappa shape index (κ2) is 2.60. The molecule has 0 aromatic carbocycles. The molecule has 1 rings (SSSR count). The molecule has 0 fully saturated rings. The maximum atomic E-state index is 10.5. The quantitative estimate of drug-likeness (QED) is 0.611. The van der Waals surface area contributed by atoms with E-state index in [4.69, 9.17) is 23.2 Å². The highest BCUT2D eigenvalue weighted by atomic mass is 35.5. The normalized spacial score (nSPS) is 9.90. The zero-order valence-electron chi connectivity index (χ0n) is 5.14. The molecule has 1 heterocycles. The molecule has 0 unspecified atom stereocenters. The summed E-state index contributed by atoms with van der Waals surface area (Å²) in [4.78, 5) is 10.5. The van der Waals surface area contributed by atoms with Gasteiger partial charge in [-0.05, 0) is 11.6 Å². The van der Waals surface area contributed by atoms with E-state index in [1.807, 2.05) is 0 Å². The van der Waals surface area contributed by atoms with E-state index >= 15 is 0 Å². The van der Waals surface area contributed by atoms with E-state index in [9.17, 15) is 4.79 Å². The lowest BCUT2D eigenvalue weighted by Gasteiger charge is -1.81. The lowest BCUT2D eigenvalue weighted by molar-refractivity contribution is 0.108. The molecule has 0 N–H and O–H groups in total. The lowest BCUT2D eigenvalue weighted by Crippen LogP contribution is -1.86. The van der Waals surface area contributed by atoms with Gasteiger partial charge in [-0.25, -0.2) is 0 Å². The fraction of sp³-hybridized carbons (Fsp3) is 0.200. The summed E-state index contributed by atoms with van der Waals surface area (Å²) in [6.07, 6.45) is 1.47. The van der Waals surface area contributed by atoms with Crippen molar-refractivity contribution in [1.82, 2.24) is 9.78 Å². The van der Waals surface area contributed by atoms with Crippen molar-refractivity contribution in [3.05, 3.63) is 16.9 Å². The number of rotatable bonds is 1. The zero-order chi connectivity index (χ0) is 7.72. The topological polar surface area (TPSA) is 34.9 Å². The van der Waals surface area contributed by atoms with Crippen LogP contribution in [-0.4, -0.2) is 15.0 Å². The number of hydrogen-bond acceptors (Lipinski definition) is 2. The van der Waals surface area contributed by atoms with Gasteiger partial charge in [0, 0.05) is 13.2 Å². The summed E-state index contributed by atoms with van der Waals surface area (Å²) in [7, 11) is 1.66. The van der Waals surface area contributed by atoms with E-state index in [0.29, 0.717) is 0 Å². The Labute approximate surface area is 67.5 Å². The fourth-order valence-corrected chi connectivity index (χ4v) is 1.03. The summed E-state index contributed by atoms with van der Waals surface area (Å²) >= 11 is 10.6. The molecular formula is C5H4Cl2N2O. The van der Waals surface area contributed by atoms with E-state index in [2.05, 4.69) is 5.10 Å². The van der Waals surface area contributed by atoms with E-state index in [-0.39, 0.29) is 10.7 Å². The van der Waals surface area contributed by atoms with Crippen LogP contribution in [0.5, 0.6) is 0 Å². The molecular weight excluding hydrogens is 175 g/mol. The molecule has 10 heavy (non-hydrogen) atoms.